The van der Waals surface area contributed by atoms with Gasteiger partial charge < -0.3 is 10.6 Å². The standard InChI is InChI=1S/C15H19FN2S/c1-11(6-15-4-3-5-19-15)18(2)14-8-12(10-17)7-13(16)9-14/h3-5,7-9,11H,6,10,17H2,1-2H3. The van der Waals surface area contributed by atoms with E-state index in [-0.39, 0.29) is 5.82 Å². The first-order valence-electron chi connectivity index (χ1n) is 6.35. The normalized spacial score (nSPS) is 12.4. The summed E-state index contributed by atoms with van der Waals surface area (Å²) in [6, 6.07) is 9.50. The molecule has 19 heavy (non-hydrogen) atoms. The quantitative estimate of drug-likeness (QED) is 0.908. The SMILES string of the molecule is CC(Cc1cccs1)N(C)c1cc(F)cc(CN)c1. The Labute approximate surface area is 117 Å². The molecule has 0 saturated carbocycles. The van der Waals surface area contributed by atoms with Gasteiger partial charge in [0.15, 0.2) is 0 Å². The third kappa shape index (κ3) is 3.55. The van der Waals surface area contributed by atoms with Crippen molar-refractivity contribution in [2.24, 2.45) is 5.73 Å². The monoisotopic (exact) mass is 278 g/mol. The molecule has 0 amide bonds. The van der Waals surface area contributed by atoms with Gasteiger partial charge in [-0.3, -0.25) is 0 Å². The third-order valence-electron chi connectivity index (χ3n) is 3.32. The molecule has 0 radical (unpaired) electrons. The fraction of sp³-hybridized carbons (Fsp3) is 0.333. The Morgan fingerprint density at radius 1 is 1.37 bits per heavy atom. The predicted octanol–water partition coefficient (Wildman–Crippen LogP) is 3.41. The summed E-state index contributed by atoms with van der Waals surface area (Å²) in [4.78, 5) is 3.44. The van der Waals surface area contributed by atoms with E-state index in [0.29, 0.717) is 12.6 Å². The first-order valence-corrected chi connectivity index (χ1v) is 7.23. The van der Waals surface area contributed by atoms with Crippen molar-refractivity contribution in [3.8, 4) is 0 Å². The van der Waals surface area contributed by atoms with Crippen LogP contribution in [0.3, 0.4) is 0 Å². The molecule has 1 aromatic heterocycles. The van der Waals surface area contributed by atoms with Crippen LogP contribution in [0.2, 0.25) is 0 Å². The number of halogens is 1. The number of nitrogens with zero attached hydrogens (tertiary/aromatic N) is 1. The van der Waals surface area contributed by atoms with Gasteiger partial charge >= 0.3 is 0 Å². The number of hydrogen-bond acceptors (Lipinski definition) is 3. The van der Waals surface area contributed by atoms with Crippen molar-refractivity contribution in [3.63, 3.8) is 0 Å². The smallest absolute Gasteiger partial charge is 0.125 e. The molecule has 2 nitrogen and oxygen atoms in total. The molecule has 1 atom stereocenters. The van der Waals surface area contributed by atoms with E-state index in [2.05, 4.69) is 29.3 Å². The van der Waals surface area contributed by atoms with Crippen molar-refractivity contribution < 1.29 is 4.39 Å². The fourth-order valence-corrected chi connectivity index (χ4v) is 2.89. The summed E-state index contributed by atoms with van der Waals surface area (Å²) >= 11 is 1.75. The molecule has 0 aliphatic heterocycles. The highest BCUT2D eigenvalue weighted by atomic mass is 32.1. The van der Waals surface area contributed by atoms with Crippen LogP contribution in [-0.2, 0) is 13.0 Å². The zero-order valence-corrected chi connectivity index (χ0v) is 12.1. The molecule has 1 unspecified atom stereocenters. The van der Waals surface area contributed by atoms with Crippen LogP contribution in [0.25, 0.3) is 0 Å². The molecular weight excluding hydrogens is 259 g/mol. The van der Waals surface area contributed by atoms with Crippen molar-refractivity contribution in [3.05, 3.63) is 52.0 Å². The maximum absolute atomic E-state index is 13.5. The number of anilines is 1. The predicted molar refractivity (Wildman–Crippen MR) is 80.2 cm³/mol. The molecule has 0 aliphatic rings. The largest absolute Gasteiger partial charge is 0.371 e. The average Bonchev–Trinajstić information content (AvgIpc) is 2.89. The molecule has 0 aliphatic carbocycles. The van der Waals surface area contributed by atoms with Crippen LogP contribution in [0, 0.1) is 5.82 Å². The van der Waals surface area contributed by atoms with Gasteiger partial charge in [0.2, 0.25) is 0 Å². The number of rotatable bonds is 5. The summed E-state index contributed by atoms with van der Waals surface area (Å²) in [5.74, 6) is -0.229. The number of likely N-dealkylation sites (N-methyl/N-ethyl adjacent to an activating group) is 1. The summed E-state index contributed by atoms with van der Waals surface area (Å²) in [6.07, 6.45) is 0.961. The second kappa shape index (κ2) is 6.17. The highest BCUT2D eigenvalue weighted by molar-refractivity contribution is 7.09. The molecule has 1 aromatic carbocycles. The molecule has 2 rings (SSSR count). The van der Waals surface area contributed by atoms with Crippen molar-refractivity contribution in [1.29, 1.82) is 0 Å². The van der Waals surface area contributed by atoms with Gasteiger partial charge in [0.1, 0.15) is 5.82 Å². The molecule has 0 spiro atoms. The van der Waals surface area contributed by atoms with Gasteiger partial charge in [0.05, 0.1) is 0 Å². The minimum Gasteiger partial charge on any atom is -0.371 e. The van der Waals surface area contributed by atoms with Gasteiger partial charge in [-0.15, -0.1) is 11.3 Å². The molecule has 0 bridgehead atoms. The highest BCUT2D eigenvalue weighted by Crippen LogP contribution is 2.22. The van der Waals surface area contributed by atoms with E-state index in [1.54, 1.807) is 17.4 Å². The summed E-state index contributed by atoms with van der Waals surface area (Å²) in [5.41, 5.74) is 7.29. The van der Waals surface area contributed by atoms with Crippen molar-refractivity contribution in [2.75, 3.05) is 11.9 Å². The zero-order chi connectivity index (χ0) is 13.8. The third-order valence-corrected chi connectivity index (χ3v) is 4.22. The van der Waals surface area contributed by atoms with E-state index in [9.17, 15) is 4.39 Å². The second-order valence-corrected chi connectivity index (χ2v) is 5.80. The lowest BCUT2D eigenvalue weighted by molar-refractivity contribution is 0.621. The van der Waals surface area contributed by atoms with Crippen LogP contribution < -0.4 is 10.6 Å². The lowest BCUT2D eigenvalue weighted by Gasteiger charge is -2.27. The Hall–Kier alpha value is -1.39. The minimum absolute atomic E-state index is 0.229. The van der Waals surface area contributed by atoms with Crippen LogP contribution in [0.1, 0.15) is 17.4 Å². The van der Waals surface area contributed by atoms with Crippen molar-refractivity contribution >= 4 is 17.0 Å². The van der Waals surface area contributed by atoms with Gasteiger partial charge in [-0.2, -0.15) is 0 Å². The van der Waals surface area contributed by atoms with Crippen LogP contribution in [0.5, 0.6) is 0 Å². The van der Waals surface area contributed by atoms with Crippen LogP contribution >= 0.6 is 11.3 Å². The molecule has 2 N–H and O–H groups in total. The molecular formula is C15H19FN2S. The molecule has 1 heterocycles. The van der Waals surface area contributed by atoms with E-state index in [0.717, 1.165) is 17.7 Å². The summed E-state index contributed by atoms with van der Waals surface area (Å²) in [5, 5.41) is 2.08. The maximum atomic E-state index is 13.5. The van der Waals surface area contributed by atoms with Gasteiger partial charge in [-0.1, -0.05) is 6.07 Å². The number of nitrogens with two attached hydrogens (primary N) is 1. The Bertz CT molecular complexity index is 525. The van der Waals surface area contributed by atoms with E-state index >= 15 is 0 Å². The molecule has 4 heteroatoms. The maximum Gasteiger partial charge on any atom is 0.125 e. The van der Waals surface area contributed by atoms with E-state index in [4.69, 9.17) is 5.73 Å². The Kier molecular flexibility index (Phi) is 4.56. The van der Waals surface area contributed by atoms with Crippen LogP contribution in [0.15, 0.2) is 35.7 Å². The summed E-state index contributed by atoms with van der Waals surface area (Å²) < 4.78 is 13.5. The lowest BCUT2D eigenvalue weighted by Crippen LogP contribution is -2.30. The molecule has 2 aromatic rings. The second-order valence-electron chi connectivity index (χ2n) is 4.77. The molecule has 0 fully saturated rings. The number of hydrogen-bond donors (Lipinski definition) is 1. The topological polar surface area (TPSA) is 29.3 Å². The minimum atomic E-state index is -0.229. The zero-order valence-electron chi connectivity index (χ0n) is 11.3. The van der Waals surface area contributed by atoms with Gasteiger partial charge in [0, 0.05) is 36.6 Å². The highest BCUT2D eigenvalue weighted by Gasteiger charge is 2.13. The van der Waals surface area contributed by atoms with Crippen molar-refractivity contribution in [1.82, 2.24) is 0 Å². The lowest BCUT2D eigenvalue weighted by atomic mass is 10.1. The Balaban J connectivity index is 2.14. The Morgan fingerprint density at radius 2 is 2.16 bits per heavy atom. The summed E-state index contributed by atoms with van der Waals surface area (Å²) in [6.45, 7) is 2.50. The first-order chi connectivity index (χ1) is 9.10. The Morgan fingerprint density at radius 3 is 2.79 bits per heavy atom. The number of thiophene rings is 1. The molecule has 102 valence electrons. The van der Waals surface area contributed by atoms with Gasteiger partial charge in [-0.25, -0.2) is 4.39 Å². The van der Waals surface area contributed by atoms with Crippen LogP contribution in [-0.4, -0.2) is 13.1 Å². The first kappa shape index (κ1) is 14.0. The van der Waals surface area contributed by atoms with Crippen molar-refractivity contribution in [2.45, 2.75) is 25.9 Å². The van der Waals surface area contributed by atoms with E-state index < -0.39 is 0 Å². The van der Waals surface area contributed by atoms with Crippen LogP contribution in [0.4, 0.5) is 10.1 Å². The number of benzene rings is 1. The van der Waals surface area contributed by atoms with E-state index in [1.165, 1.54) is 10.9 Å². The molecule has 0 saturated heterocycles. The summed E-state index contributed by atoms with van der Waals surface area (Å²) in [7, 11) is 1.99. The van der Waals surface area contributed by atoms with E-state index in [1.807, 2.05) is 13.1 Å². The average molecular weight is 278 g/mol. The van der Waals surface area contributed by atoms with Gasteiger partial charge in [-0.05, 0) is 42.1 Å². The van der Waals surface area contributed by atoms with Gasteiger partial charge in [0.25, 0.3) is 0 Å². The fourth-order valence-electron chi connectivity index (χ4n) is 2.07.